The van der Waals surface area contributed by atoms with Gasteiger partial charge in [-0.25, -0.2) is 18.3 Å². The van der Waals surface area contributed by atoms with Gasteiger partial charge >= 0.3 is 0 Å². The van der Waals surface area contributed by atoms with Crippen molar-refractivity contribution in [1.82, 2.24) is 10.4 Å². The third-order valence-corrected chi connectivity index (χ3v) is 7.32. The van der Waals surface area contributed by atoms with Crippen LogP contribution in [0, 0.1) is 11.7 Å². The first kappa shape index (κ1) is 21.2. The molecule has 2 aromatic carbocycles. The standard InChI is InChI=1S/C20H23FN2O5S/c1-28-17-6-8-18(9-7-17)29(26,27)19-12-15(20(24)22-25)10-11-23(19)13-14-2-4-16(21)5-3-14/h2-9,15,19,25H,10-13H2,1H3,(H,22,24). The Morgan fingerprint density at radius 3 is 2.45 bits per heavy atom. The van der Waals surface area contributed by atoms with Crippen molar-refractivity contribution in [2.75, 3.05) is 13.7 Å². The Morgan fingerprint density at radius 2 is 1.86 bits per heavy atom. The molecule has 0 bridgehead atoms. The van der Waals surface area contributed by atoms with Crippen LogP contribution in [0.1, 0.15) is 18.4 Å². The largest absolute Gasteiger partial charge is 0.497 e. The second-order valence-corrected chi connectivity index (χ2v) is 9.08. The number of hydroxylamine groups is 1. The molecule has 1 amide bonds. The van der Waals surface area contributed by atoms with Gasteiger partial charge in [-0.3, -0.25) is 14.9 Å². The van der Waals surface area contributed by atoms with E-state index < -0.39 is 27.0 Å². The van der Waals surface area contributed by atoms with Gasteiger partial charge in [0.1, 0.15) is 16.9 Å². The van der Waals surface area contributed by atoms with E-state index in [0.29, 0.717) is 25.3 Å². The zero-order valence-corrected chi connectivity index (χ0v) is 16.7. The molecule has 29 heavy (non-hydrogen) atoms. The number of likely N-dealkylation sites (tertiary alicyclic amines) is 1. The Bertz CT molecular complexity index is 948. The SMILES string of the molecule is COc1ccc(S(=O)(=O)C2CC(C(=O)NO)CCN2Cc2ccc(F)cc2)cc1. The number of benzene rings is 2. The molecule has 156 valence electrons. The molecule has 1 heterocycles. The number of hydrogen-bond acceptors (Lipinski definition) is 6. The normalized spacial score (nSPS) is 20.2. The Morgan fingerprint density at radius 1 is 1.21 bits per heavy atom. The molecule has 1 fully saturated rings. The van der Waals surface area contributed by atoms with Gasteiger partial charge in [-0.2, -0.15) is 0 Å². The quantitative estimate of drug-likeness (QED) is 0.548. The van der Waals surface area contributed by atoms with Crippen LogP contribution in [0.4, 0.5) is 4.39 Å². The number of amides is 1. The summed E-state index contributed by atoms with van der Waals surface area (Å²) in [5, 5.41) is 8.00. The summed E-state index contributed by atoms with van der Waals surface area (Å²) in [6.07, 6.45) is 0.449. The fourth-order valence-corrected chi connectivity index (χ4v) is 5.44. The smallest absolute Gasteiger partial charge is 0.246 e. The molecule has 0 aliphatic carbocycles. The first-order valence-electron chi connectivity index (χ1n) is 9.15. The number of carbonyl (C=O) groups is 1. The Hall–Kier alpha value is -2.49. The molecule has 9 heteroatoms. The number of rotatable bonds is 6. The van der Waals surface area contributed by atoms with Crippen molar-refractivity contribution < 1.29 is 27.5 Å². The highest BCUT2D eigenvalue weighted by Crippen LogP contribution is 2.32. The van der Waals surface area contributed by atoms with Crippen LogP contribution in [0.5, 0.6) is 5.75 Å². The topological polar surface area (TPSA) is 95.9 Å². The molecule has 1 aliphatic rings. The molecular formula is C20H23FN2O5S. The summed E-state index contributed by atoms with van der Waals surface area (Å²) < 4.78 is 45.0. The average molecular weight is 422 g/mol. The second kappa shape index (κ2) is 8.89. The highest BCUT2D eigenvalue weighted by atomic mass is 32.2. The number of piperidine rings is 1. The molecule has 2 unspecified atom stereocenters. The highest BCUT2D eigenvalue weighted by molar-refractivity contribution is 7.92. The summed E-state index contributed by atoms with van der Waals surface area (Å²) in [5.41, 5.74) is 2.39. The molecule has 2 N–H and O–H groups in total. The fourth-order valence-electron chi connectivity index (χ4n) is 3.56. The van der Waals surface area contributed by atoms with Gasteiger partial charge in [0.05, 0.1) is 12.0 Å². The van der Waals surface area contributed by atoms with Crippen LogP contribution in [0.15, 0.2) is 53.4 Å². The summed E-state index contributed by atoms with van der Waals surface area (Å²) in [4.78, 5) is 13.8. The Labute approximate surface area is 169 Å². The van der Waals surface area contributed by atoms with E-state index in [1.807, 2.05) is 0 Å². The molecule has 3 rings (SSSR count). The third-order valence-electron chi connectivity index (χ3n) is 5.18. The molecule has 1 aliphatic heterocycles. The van der Waals surface area contributed by atoms with Crippen molar-refractivity contribution >= 4 is 15.7 Å². The van der Waals surface area contributed by atoms with Crippen LogP contribution >= 0.6 is 0 Å². The third kappa shape index (κ3) is 4.75. The Kier molecular flexibility index (Phi) is 6.51. The summed E-state index contributed by atoms with van der Waals surface area (Å²) >= 11 is 0. The van der Waals surface area contributed by atoms with Crippen LogP contribution in [-0.4, -0.2) is 43.5 Å². The highest BCUT2D eigenvalue weighted by Gasteiger charge is 2.40. The minimum atomic E-state index is -3.80. The van der Waals surface area contributed by atoms with Crippen LogP contribution in [0.2, 0.25) is 0 Å². The maximum absolute atomic E-state index is 13.4. The lowest BCUT2D eigenvalue weighted by Crippen LogP contribution is -2.49. The van der Waals surface area contributed by atoms with Crippen molar-refractivity contribution in [2.45, 2.75) is 29.7 Å². The van der Waals surface area contributed by atoms with E-state index in [1.165, 1.54) is 31.4 Å². The van der Waals surface area contributed by atoms with Crippen LogP contribution in [0.25, 0.3) is 0 Å². The first-order valence-corrected chi connectivity index (χ1v) is 10.7. The van der Waals surface area contributed by atoms with E-state index in [1.54, 1.807) is 34.6 Å². The predicted octanol–water partition coefficient (Wildman–Crippen LogP) is 2.35. The van der Waals surface area contributed by atoms with E-state index in [9.17, 15) is 17.6 Å². The molecule has 7 nitrogen and oxygen atoms in total. The minimum Gasteiger partial charge on any atom is -0.497 e. The van der Waals surface area contributed by atoms with Crippen LogP contribution in [0.3, 0.4) is 0 Å². The van der Waals surface area contributed by atoms with Gasteiger partial charge in [0.15, 0.2) is 9.84 Å². The van der Waals surface area contributed by atoms with E-state index >= 15 is 0 Å². The number of nitrogens with one attached hydrogen (secondary N) is 1. The van der Waals surface area contributed by atoms with Gasteiger partial charge < -0.3 is 4.74 Å². The lowest BCUT2D eigenvalue weighted by molar-refractivity contribution is -0.135. The van der Waals surface area contributed by atoms with Gasteiger partial charge in [0.25, 0.3) is 0 Å². The van der Waals surface area contributed by atoms with Crippen molar-refractivity contribution in [1.29, 1.82) is 0 Å². The number of carbonyl (C=O) groups excluding carboxylic acids is 1. The average Bonchev–Trinajstić information content (AvgIpc) is 2.75. The number of sulfone groups is 1. The van der Waals surface area contributed by atoms with E-state index in [0.717, 1.165) is 5.56 Å². The molecule has 2 atom stereocenters. The number of ether oxygens (including phenoxy) is 1. The fraction of sp³-hybridized carbons (Fsp3) is 0.350. The van der Waals surface area contributed by atoms with E-state index in [-0.39, 0.29) is 17.1 Å². The molecule has 0 spiro atoms. The first-order chi connectivity index (χ1) is 13.8. The molecule has 0 saturated carbocycles. The van der Waals surface area contributed by atoms with Crippen molar-refractivity contribution in [2.24, 2.45) is 5.92 Å². The molecular weight excluding hydrogens is 399 g/mol. The van der Waals surface area contributed by atoms with E-state index in [2.05, 4.69) is 0 Å². The number of halogens is 1. The lowest BCUT2D eigenvalue weighted by Gasteiger charge is -2.38. The molecule has 2 aromatic rings. The Balaban J connectivity index is 1.91. The lowest BCUT2D eigenvalue weighted by atomic mass is 9.95. The maximum atomic E-state index is 13.4. The number of nitrogens with zero attached hydrogens (tertiary/aromatic N) is 1. The zero-order chi connectivity index (χ0) is 21.0. The number of methoxy groups -OCH3 is 1. The summed E-state index contributed by atoms with van der Waals surface area (Å²) in [6, 6.07) is 12.0. The maximum Gasteiger partial charge on any atom is 0.246 e. The minimum absolute atomic E-state index is 0.0436. The van der Waals surface area contributed by atoms with Gasteiger partial charge in [0, 0.05) is 19.0 Å². The monoisotopic (exact) mass is 422 g/mol. The van der Waals surface area contributed by atoms with Crippen molar-refractivity contribution in [3.05, 3.63) is 59.9 Å². The van der Waals surface area contributed by atoms with Gasteiger partial charge in [-0.05, 0) is 54.8 Å². The summed E-state index contributed by atoms with van der Waals surface area (Å²) in [6.45, 7) is 0.642. The van der Waals surface area contributed by atoms with Crippen LogP contribution < -0.4 is 10.2 Å². The van der Waals surface area contributed by atoms with E-state index in [4.69, 9.17) is 9.94 Å². The van der Waals surface area contributed by atoms with Crippen molar-refractivity contribution in [3.63, 3.8) is 0 Å². The van der Waals surface area contributed by atoms with Crippen LogP contribution in [-0.2, 0) is 21.2 Å². The summed E-state index contributed by atoms with van der Waals surface area (Å²) in [5.74, 6) is -1.05. The van der Waals surface area contributed by atoms with Gasteiger partial charge in [-0.15, -0.1) is 0 Å². The van der Waals surface area contributed by atoms with Gasteiger partial charge in [0.2, 0.25) is 5.91 Å². The molecule has 0 aromatic heterocycles. The zero-order valence-electron chi connectivity index (χ0n) is 15.9. The second-order valence-electron chi connectivity index (χ2n) is 6.97. The van der Waals surface area contributed by atoms with Gasteiger partial charge in [-0.1, -0.05) is 12.1 Å². The number of hydrogen-bond donors (Lipinski definition) is 2. The summed E-state index contributed by atoms with van der Waals surface area (Å²) in [7, 11) is -2.31. The predicted molar refractivity (Wildman–Crippen MR) is 103 cm³/mol. The molecule has 0 radical (unpaired) electrons. The molecule has 1 saturated heterocycles. The van der Waals surface area contributed by atoms with Crippen molar-refractivity contribution in [3.8, 4) is 5.75 Å².